The fraction of sp³-hybridized carbons (Fsp3) is 0.400. The fourth-order valence-electron chi connectivity index (χ4n) is 1.96. The molecule has 0 atom stereocenters. The van der Waals surface area contributed by atoms with Gasteiger partial charge in [-0.1, -0.05) is 87.0 Å². The summed E-state index contributed by atoms with van der Waals surface area (Å²) in [6.45, 7) is 8.13. The van der Waals surface area contributed by atoms with E-state index in [1.165, 1.54) is 37.7 Å². The molecule has 0 heterocycles. The molecule has 1 rings (SSSR count). The zero-order chi connectivity index (χ0) is 14.6. The molecule has 0 aromatic heterocycles. The van der Waals surface area contributed by atoms with Gasteiger partial charge in [0.15, 0.2) is 0 Å². The van der Waals surface area contributed by atoms with Crippen LogP contribution in [0.1, 0.15) is 63.5 Å². The summed E-state index contributed by atoms with van der Waals surface area (Å²) in [5.41, 5.74) is 3.34. The van der Waals surface area contributed by atoms with Crippen molar-refractivity contribution in [1.29, 1.82) is 0 Å². The minimum atomic E-state index is 1.00. The Labute approximate surface area is 124 Å². The minimum Gasteiger partial charge on any atom is -0.0979 e. The van der Waals surface area contributed by atoms with Crippen molar-refractivity contribution < 1.29 is 0 Å². The van der Waals surface area contributed by atoms with Crippen LogP contribution in [0.4, 0.5) is 0 Å². The van der Waals surface area contributed by atoms with Gasteiger partial charge in [-0.05, 0) is 25.0 Å². The number of unbranched alkanes of at least 4 members (excludes halogenated alkanes) is 5. The maximum Gasteiger partial charge on any atom is 0.0317 e. The topological polar surface area (TPSA) is 0 Å². The molecule has 0 unspecified atom stereocenters. The first-order chi connectivity index (χ1) is 9.74. The van der Waals surface area contributed by atoms with Gasteiger partial charge in [0.25, 0.3) is 0 Å². The zero-order valence-electron chi connectivity index (χ0n) is 12.9. The molecule has 0 N–H and O–H groups in total. The van der Waals surface area contributed by atoms with Crippen LogP contribution in [0.2, 0.25) is 0 Å². The first-order valence-corrected chi connectivity index (χ1v) is 7.65. The van der Waals surface area contributed by atoms with Crippen molar-refractivity contribution in [1.82, 2.24) is 0 Å². The average molecular weight is 266 g/mol. The summed E-state index contributed by atoms with van der Waals surface area (Å²) in [6, 6.07) is 8.28. The highest BCUT2D eigenvalue weighted by atomic mass is 14.0. The smallest absolute Gasteiger partial charge is 0.0317 e. The predicted octanol–water partition coefficient (Wildman–Crippen LogP) is 5.99. The molecule has 0 bridgehead atoms. The Balaban J connectivity index is 2.53. The molecule has 0 aliphatic rings. The van der Waals surface area contributed by atoms with Gasteiger partial charge in [-0.25, -0.2) is 0 Å². The molecule has 0 saturated carbocycles. The van der Waals surface area contributed by atoms with Crippen LogP contribution in [0.5, 0.6) is 0 Å². The molecule has 20 heavy (non-hydrogen) atoms. The molecule has 0 spiro atoms. The molecule has 0 nitrogen and oxygen atoms in total. The van der Waals surface area contributed by atoms with Gasteiger partial charge in [-0.15, -0.1) is 0 Å². The molecule has 1 aromatic carbocycles. The lowest BCUT2D eigenvalue weighted by Gasteiger charge is -1.98. The number of rotatable bonds is 7. The second-order valence-corrected chi connectivity index (χ2v) is 5.23. The Morgan fingerprint density at radius 1 is 1.15 bits per heavy atom. The third-order valence-electron chi connectivity index (χ3n) is 3.14. The van der Waals surface area contributed by atoms with E-state index in [2.05, 4.69) is 43.6 Å². The Hall–Kier alpha value is -1.74. The van der Waals surface area contributed by atoms with Gasteiger partial charge >= 0.3 is 0 Å². The number of allylic oxidation sites excluding steroid dienone is 2. The summed E-state index contributed by atoms with van der Waals surface area (Å²) in [5.74, 6) is 6.60. The summed E-state index contributed by atoms with van der Waals surface area (Å²) in [4.78, 5) is 0. The van der Waals surface area contributed by atoms with Crippen LogP contribution >= 0.6 is 0 Å². The highest BCUT2D eigenvalue weighted by Gasteiger charge is 1.94. The van der Waals surface area contributed by atoms with E-state index in [1.807, 2.05) is 25.1 Å². The van der Waals surface area contributed by atoms with Crippen LogP contribution in [0.3, 0.4) is 0 Å². The molecule has 0 aliphatic carbocycles. The number of benzene rings is 1. The first-order valence-electron chi connectivity index (χ1n) is 7.65. The van der Waals surface area contributed by atoms with Gasteiger partial charge in [-0.2, -0.15) is 0 Å². The normalized spacial score (nSPS) is 10.3. The highest BCUT2D eigenvalue weighted by molar-refractivity contribution is 5.60. The summed E-state index contributed by atoms with van der Waals surface area (Å²) in [5, 5.41) is 0. The van der Waals surface area contributed by atoms with Crippen LogP contribution in [-0.2, 0) is 0 Å². The SMILES string of the molecule is C=C(C)/C=C/c1ccccc1C#CCCCCCCC. The van der Waals surface area contributed by atoms with Crippen LogP contribution in [0.15, 0.2) is 42.5 Å². The van der Waals surface area contributed by atoms with Gasteiger partial charge in [0.05, 0.1) is 0 Å². The molecule has 0 saturated heterocycles. The average Bonchev–Trinajstić information content (AvgIpc) is 2.45. The van der Waals surface area contributed by atoms with Crippen LogP contribution in [0.25, 0.3) is 6.08 Å². The fourth-order valence-corrected chi connectivity index (χ4v) is 1.96. The lowest BCUT2D eigenvalue weighted by molar-refractivity contribution is 0.641. The quantitative estimate of drug-likeness (QED) is 0.323. The van der Waals surface area contributed by atoms with Gasteiger partial charge in [-0.3, -0.25) is 0 Å². The maximum absolute atomic E-state index is 3.89. The van der Waals surface area contributed by atoms with Crippen LogP contribution < -0.4 is 0 Å². The zero-order valence-corrected chi connectivity index (χ0v) is 12.9. The molecule has 0 fully saturated rings. The van der Waals surface area contributed by atoms with E-state index < -0.39 is 0 Å². The summed E-state index contributed by atoms with van der Waals surface area (Å²) >= 11 is 0. The van der Waals surface area contributed by atoms with Crippen LogP contribution in [0, 0.1) is 11.8 Å². The van der Waals surface area contributed by atoms with Gasteiger partial charge < -0.3 is 0 Å². The maximum atomic E-state index is 3.89. The van der Waals surface area contributed by atoms with E-state index in [0.717, 1.165) is 17.6 Å². The lowest BCUT2D eigenvalue weighted by Crippen LogP contribution is -1.81. The molecule has 106 valence electrons. The summed E-state index contributed by atoms with van der Waals surface area (Å²) in [6.07, 6.45) is 11.6. The largest absolute Gasteiger partial charge is 0.0979 e. The summed E-state index contributed by atoms with van der Waals surface area (Å²) < 4.78 is 0. The molecule has 0 radical (unpaired) electrons. The number of hydrogen-bond donors (Lipinski definition) is 0. The minimum absolute atomic E-state index is 1.00. The van der Waals surface area contributed by atoms with E-state index in [-0.39, 0.29) is 0 Å². The van der Waals surface area contributed by atoms with Crippen molar-refractivity contribution in [3.05, 3.63) is 53.6 Å². The van der Waals surface area contributed by atoms with E-state index in [9.17, 15) is 0 Å². The van der Waals surface area contributed by atoms with Gasteiger partial charge in [0.1, 0.15) is 0 Å². The molecular formula is C20H26. The monoisotopic (exact) mass is 266 g/mol. The third kappa shape index (κ3) is 7.00. The molecule has 0 aliphatic heterocycles. The first kappa shape index (κ1) is 16.3. The van der Waals surface area contributed by atoms with Crippen molar-refractivity contribution in [2.45, 2.75) is 52.4 Å². The Bertz CT molecular complexity index is 494. The van der Waals surface area contributed by atoms with Gasteiger partial charge in [0, 0.05) is 12.0 Å². The Morgan fingerprint density at radius 3 is 2.65 bits per heavy atom. The van der Waals surface area contributed by atoms with Crippen molar-refractivity contribution in [2.24, 2.45) is 0 Å². The molecule has 1 aromatic rings. The summed E-state index contributed by atoms with van der Waals surface area (Å²) in [7, 11) is 0. The van der Waals surface area contributed by atoms with Crippen molar-refractivity contribution in [3.8, 4) is 11.8 Å². The van der Waals surface area contributed by atoms with E-state index in [1.54, 1.807) is 0 Å². The van der Waals surface area contributed by atoms with Crippen molar-refractivity contribution in [3.63, 3.8) is 0 Å². The van der Waals surface area contributed by atoms with E-state index in [4.69, 9.17) is 0 Å². The second kappa shape index (κ2) is 10.1. The van der Waals surface area contributed by atoms with E-state index >= 15 is 0 Å². The second-order valence-electron chi connectivity index (χ2n) is 5.23. The predicted molar refractivity (Wildman–Crippen MR) is 90.5 cm³/mol. The Kier molecular flexibility index (Phi) is 8.24. The molecule has 0 amide bonds. The standard InChI is InChI=1S/C20H26/c1-4-5-6-7-8-9-10-13-19-14-11-12-15-20(19)17-16-18(2)3/h11-12,14-17H,2,4-9H2,1,3H3/b17-16+. The van der Waals surface area contributed by atoms with E-state index in [0.29, 0.717) is 0 Å². The van der Waals surface area contributed by atoms with Gasteiger partial charge in [0.2, 0.25) is 0 Å². The number of hydrogen-bond acceptors (Lipinski definition) is 0. The lowest BCUT2D eigenvalue weighted by atomic mass is 10.1. The third-order valence-corrected chi connectivity index (χ3v) is 3.14. The molecular weight excluding hydrogens is 240 g/mol. The molecule has 0 heteroatoms. The van der Waals surface area contributed by atoms with Crippen molar-refractivity contribution in [2.75, 3.05) is 0 Å². The highest BCUT2D eigenvalue weighted by Crippen LogP contribution is 2.11. The Morgan fingerprint density at radius 2 is 1.90 bits per heavy atom. The van der Waals surface area contributed by atoms with Crippen LogP contribution in [-0.4, -0.2) is 0 Å². The van der Waals surface area contributed by atoms with Crippen molar-refractivity contribution >= 4 is 6.08 Å².